The van der Waals surface area contributed by atoms with Crippen molar-refractivity contribution in [2.24, 2.45) is 0 Å². The Morgan fingerprint density at radius 1 is 0.233 bits per heavy atom. The summed E-state index contributed by atoms with van der Waals surface area (Å²) >= 11 is 0. The van der Waals surface area contributed by atoms with Crippen LogP contribution in [0.4, 0.5) is 0 Å². The van der Waals surface area contributed by atoms with Gasteiger partial charge in [0.2, 0.25) is 0 Å². The second kappa shape index (κ2) is 54.4. The zero-order valence-corrected chi connectivity index (χ0v) is 30.1. The first kappa shape index (κ1) is 57.7. The second-order valence-corrected chi connectivity index (χ2v) is 7.26. The van der Waals surface area contributed by atoms with Crippen LogP contribution in [0.3, 0.4) is 0 Å². The molecule has 0 unspecified atom stereocenters. The standard InChI is InChI=1S/8C2H3N3.4CH2BNO2/c8*1-2-4-5-3-1;4*3-1-2(4)5/h8*1-2H,(H,3,4,5);4*4-5H. The number of aromatic amines is 8. The molecule has 0 aliphatic heterocycles. The predicted octanol–water partition coefficient (Wildman–Crippen LogP) is -7.47. The first-order valence-electron chi connectivity index (χ1n) is 14.5. The van der Waals surface area contributed by atoms with E-state index in [9.17, 15) is 0 Å². The lowest BCUT2D eigenvalue weighted by Gasteiger charge is -1.67. The van der Waals surface area contributed by atoms with E-state index in [1.807, 2.05) is 0 Å². The Bertz CT molecular complexity index is 1350. The molecule has 0 aliphatic carbocycles. The average Bonchev–Trinajstić information content (AvgIpc) is 4.14. The molecule has 0 saturated carbocycles. The number of nitrogens with zero attached hydrogens (tertiary/aromatic N) is 20. The highest BCUT2D eigenvalue weighted by atomic mass is 16.4. The molecule has 60 heavy (non-hydrogen) atoms. The minimum absolute atomic E-state index is 1.14. The molecule has 0 atom stereocenters. The first-order valence-corrected chi connectivity index (χ1v) is 14.5. The van der Waals surface area contributed by atoms with Crippen molar-refractivity contribution >= 4 is 28.5 Å². The average molecular weight is 836 g/mol. The summed E-state index contributed by atoms with van der Waals surface area (Å²) in [4.78, 5) is 0. The SMILES string of the molecule is N#CB(O)O.N#CB(O)O.N#CB(O)O.N#CB(O)O.c1cn[nH]n1.c1cn[nH]n1.c1cn[nH]n1.c1cn[nH]n1.c1cn[nH]n1.c1cn[nH]n1.c1cn[nH]n1.c1cn[nH]n1. The minimum Gasteiger partial charge on any atom is -0.415 e. The van der Waals surface area contributed by atoms with Gasteiger partial charge in [0.05, 0.1) is 123 Å². The fourth-order valence-corrected chi connectivity index (χ4v) is 1.33. The van der Waals surface area contributed by atoms with Crippen molar-refractivity contribution in [3.8, 4) is 23.9 Å². The number of nitriles is 4. The van der Waals surface area contributed by atoms with Crippen LogP contribution in [0.2, 0.25) is 0 Å². The molecule has 0 aromatic carbocycles. The van der Waals surface area contributed by atoms with Gasteiger partial charge in [0.1, 0.15) is 0 Å². The quantitative estimate of drug-likeness (QED) is 0.0631. The van der Waals surface area contributed by atoms with Gasteiger partial charge in [0.25, 0.3) is 0 Å². The molecule has 0 saturated heterocycles. The van der Waals surface area contributed by atoms with E-state index in [0.717, 1.165) is 23.9 Å². The molecule has 8 aromatic rings. The van der Waals surface area contributed by atoms with E-state index >= 15 is 0 Å². The molecule has 0 radical (unpaired) electrons. The number of nitrogens with one attached hydrogen (secondary N) is 8. The van der Waals surface area contributed by atoms with Gasteiger partial charge in [-0.2, -0.15) is 123 Å². The summed E-state index contributed by atoms with van der Waals surface area (Å²) < 4.78 is 0. The van der Waals surface area contributed by atoms with Gasteiger partial charge in [-0.05, 0) is 0 Å². The van der Waals surface area contributed by atoms with Gasteiger partial charge in [-0.15, -0.1) is 0 Å². The van der Waals surface area contributed by atoms with Crippen LogP contribution in [0.5, 0.6) is 0 Å². The molecule has 0 aliphatic rings. The van der Waals surface area contributed by atoms with Crippen molar-refractivity contribution in [1.29, 1.82) is 21.0 Å². The monoisotopic (exact) mass is 836 g/mol. The van der Waals surface area contributed by atoms with E-state index in [0.29, 0.717) is 0 Å². The molecule has 8 aromatic heterocycles. The maximum atomic E-state index is 7.56. The van der Waals surface area contributed by atoms with Crippen LogP contribution >= 0.6 is 0 Å². The zero-order valence-electron chi connectivity index (χ0n) is 30.1. The maximum Gasteiger partial charge on any atom is 0.573 e. The third-order valence-corrected chi connectivity index (χ3v) is 3.11. The number of hydrogen-bond acceptors (Lipinski definition) is 28. The summed E-state index contributed by atoms with van der Waals surface area (Å²) in [6.07, 6.45) is 25.3. The van der Waals surface area contributed by atoms with E-state index in [-0.39, 0.29) is 0 Å². The molecule has 16 N–H and O–H groups in total. The summed E-state index contributed by atoms with van der Waals surface area (Å²) in [5.41, 5.74) is 0. The van der Waals surface area contributed by atoms with Crippen LogP contribution in [-0.4, -0.2) is 192 Å². The lowest BCUT2D eigenvalue weighted by atomic mass is 9.97. The Kier molecular flexibility index (Phi) is 52.3. The van der Waals surface area contributed by atoms with Crippen LogP contribution in [0.25, 0.3) is 0 Å². The van der Waals surface area contributed by atoms with Gasteiger partial charge < -0.3 is 40.2 Å². The highest BCUT2D eigenvalue weighted by Gasteiger charge is 1.99. The molecular formula is C20H32B4N28O8. The van der Waals surface area contributed by atoms with Gasteiger partial charge in [0.15, 0.2) is 0 Å². The third-order valence-electron chi connectivity index (χ3n) is 3.11. The van der Waals surface area contributed by atoms with Gasteiger partial charge >= 0.3 is 28.5 Å². The summed E-state index contributed by atoms with van der Waals surface area (Å²) in [7, 11) is -7.24. The molecule has 40 heteroatoms. The van der Waals surface area contributed by atoms with Crippen molar-refractivity contribution < 1.29 is 40.2 Å². The Labute approximate surface area is 336 Å². The third kappa shape index (κ3) is 74.2. The van der Waals surface area contributed by atoms with Crippen molar-refractivity contribution in [2.75, 3.05) is 0 Å². The fraction of sp³-hybridized carbons (Fsp3) is 0. The molecule has 8 rings (SSSR count). The molecule has 36 nitrogen and oxygen atoms in total. The molecular weight excluding hydrogens is 804 g/mol. The van der Waals surface area contributed by atoms with Crippen molar-refractivity contribution in [2.45, 2.75) is 0 Å². The number of H-pyrrole nitrogens is 8. The molecule has 0 amide bonds. The van der Waals surface area contributed by atoms with Crippen molar-refractivity contribution in [3.63, 3.8) is 0 Å². The smallest absolute Gasteiger partial charge is 0.415 e. The molecule has 0 spiro atoms. The van der Waals surface area contributed by atoms with Crippen LogP contribution in [0, 0.1) is 44.9 Å². The van der Waals surface area contributed by atoms with Gasteiger partial charge in [-0.1, -0.05) is 0 Å². The number of aromatic nitrogens is 24. The van der Waals surface area contributed by atoms with E-state index in [1.54, 1.807) is 99.1 Å². The normalized spacial score (nSPS) is 7.27. The van der Waals surface area contributed by atoms with Crippen molar-refractivity contribution in [1.82, 2.24) is 123 Å². The Morgan fingerprint density at radius 3 is 0.317 bits per heavy atom. The number of hydrogen-bond donors (Lipinski definition) is 16. The lowest BCUT2D eigenvalue weighted by Crippen LogP contribution is -2.05. The predicted molar refractivity (Wildman–Crippen MR) is 194 cm³/mol. The van der Waals surface area contributed by atoms with Crippen LogP contribution in [0.1, 0.15) is 0 Å². The van der Waals surface area contributed by atoms with Gasteiger partial charge in [-0.3, -0.25) is 0 Å². The van der Waals surface area contributed by atoms with E-state index in [2.05, 4.69) is 123 Å². The summed E-state index contributed by atoms with van der Waals surface area (Å²) in [6.45, 7) is 0. The summed E-state index contributed by atoms with van der Waals surface area (Å²) in [5, 5.41) is 165. The summed E-state index contributed by atoms with van der Waals surface area (Å²) in [6, 6.07) is 0. The molecule has 0 bridgehead atoms. The zero-order chi connectivity index (χ0) is 45.4. The molecule has 8 heterocycles. The van der Waals surface area contributed by atoms with Gasteiger partial charge in [-0.25, -0.2) is 21.0 Å². The fourth-order valence-electron chi connectivity index (χ4n) is 1.33. The highest BCUT2D eigenvalue weighted by molar-refractivity contribution is 6.51. The maximum absolute atomic E-state index is 7.56. The molecule has 312 valence electrons. The van der Waals surface area contributed by atoms with Crippen LogP contribution in [-0.2, 0) is 0 Å². The number of rotatable bonds is 0. The van der Waals surface area contributed by atoms with E-state index in [4.69, 9.17) is 61.2 Å². The molecule has 0 fully saturated rings. The van der Waals surface area contributed by atoms with Crippen LogP contribution < -0.4 is 0 Å². The Hall–Kier alpha value is -8.98. The van der Waals surface area contributed by atoms with E-state index in [1.165, 1.54) is 0 Å². The van der Waals surface area contributed by atoms with Crippen LogP contribution in [0.15, 0.2) is 99.1 Å². The van der Waals surface area contributed by atoms with Crippen molar-refractivity contribution in [3.05, 3.63) is 99.1 Å². The van der Waals surface area contributed by atoms with E-state index < -0.39 is 28.5 Å². The first-order chi connectivity index (χ1) is 29.1. The highest BCUT2D eigenvalue weighted by Crippen LogP contribution is 1.59. The summed E-state index contributed by atoms with van der Waals surface area (Å²) in [5.74, 6) is 4.56. The second-order valence-electron chi connectivity index (χ2n) is 7.26. The van der Waals surface area contributed by atoms with Gasteiger partial charge in [0, 0.05) is 0 Å². The minimum atomic E-state index is -1.81. The lowest BCUT2D eigenvalue weighted by molar-refractivity contribution is 0.425. The topological polar surface area (TPSA) is 590 Å². The largest absolute Gasteiger partial charge is 0.573 e. The Morgan fingerprint density at radius 2 is 0.300 bits per heavy atom. The Balaban J connectivity index is -0.000000285.